The molecule has 1 aliphatic rings. The highest BCUT2D eigenvalue weighted by atomic mass is 16.2. The number of benzene rings is 3. The number of fused-ring (bicyclic) bond motifs is 1. The number of likely N-dealkylation sites (tertiary alicyclic amines) is 1. The first kappa shape index (κ1) is 21.6. The van der Waals surface area contributed by atoms with E-state index in [-0.39, 0.29) is 30.7 Å². The largest absolute Gasteiger partial charge is 0.347 e. The summed E-state index contributed by atoms with van der Waals surface area (Å²) in [4.78, 5) is 41.2. The van der Waals surface area contributed by atoms with Crippen LogP contribution in [0, 0.1) is 0 Å². The molecular formula is C26H27N3O3. The van der Waals surface area contributed by atoms with Crippen LogP contribution >= 0.6 is 0 Å². The van der Waals surface area contributed by atoms with Gasteiger partial charge in [-0.25, -0.2) is 0 Å². The van der Waals surface area contributed by atoms with E-state index in [1.807, 2.05) is 72.8 Å². The Hall–Kier alpha value is -3.67. The number of rotatable bonds is 7. The molecule has 3 aromatic rings. The maximum absolute atomic E-state index is 12.8. The Labute approximate surface area is 187 Å². The van der Waals surface area contributed by atoms with E-state index < -0.39 is 6.04 Å². The molecule has 1 heterocycles. The lowest BCUT2D eigenvalue weighted by Crippen LogP contribution is -2.46. The minimum atomic E-state index is -0.485. The first-order valence-corrected chi connectivity index (χ1v) is 10.8. The number of amides is 3. The van der Waals surface area contributed by atoms with Crippen molar-refractivity contribution >= 4 is 28.5 Å². The highest BCUT2D eigenvalue weighted by Gasteiger charge is 2.36. The van der Waals surface area contributed by atoms with Crippen LogP contribution in [-0.4, -0.2) is 53.7 Å². The molecule has 0 aromatic heterocycles. The van der Waals surface area contributed by atoms with Crippen LogP contribution in [0.3, 0.4) is 0 Å². The van der Waals surface area contributed by atoms with Crippen LogP contribution in [0.15, 0.2) is 72.8 Å². The zero-order valence-corrected chi connectivity index (χ0v) is 18.2. The molecule has 164 valence electrons. The highest BCUT2D eigenvalue weighted by Crippen LogP contribution is 2.20. The van der Waals surface area contributed by atoms with E-state index in [1.165, 1.54) is 4.90 Å². The molecule has 1 N–H and O–H groups in total. The van der Waals surface area contributed by atoms with Crippen LogP contribution in [-0.2, 0) is 27.3 Å². The standard InChI is InChI=1S/C26H27N3O3/c1-28(23-14-15-29(26(23)32)18-19-8-3-2-4-9-19)25(31)17-27-24(30)16-21-12-7-11-20-10-5-6-13-22(20)21/h2-13,23H,14-18H2,1H3,(H,27,30). The molecule has 4 rings (SSSR count). The third-order valence-corrected chi connectivity index (χ3v) is 6.01. The van der Waals surface area contributed by atoms with E-state index in [4.69, 9.17) is 0 Å². The maximum atomic E-state index is 12.8. The number of carbonyl (C=O) groups excluding carboxylic acids is 3. The van der Waals surface area contributed by atoms with Crippen molar-refractivity contribution in [2.45, 2.75) is 25.4 Å². The fraction of sp³-hybridized carbons (Fsp3) is 0.269. The molecular weight excluding hydrogens is 402 g/mol. The number of nitrogens with one attached hydrogen (secondary N) is 1. The number of hydrogen-bond acceptors (Lipinski definition) is 3. The second-order valence-corrected chi connectivity index (χ2v) is 8.15. The van der Waals surface area contributed by atoms with Crippen LogP contribution < -0.4 is 5.32 Å². The van der Waals surface area contributed by atoms with Crippen molar-refractivity contribution in [3.63, 3.8) is 0 Å². The number of carbonyl (C=O) groups is 3. The summed E-state index contributed by atoms with van der Waals surface area (Å²) in [6.45, 7) is 1.03. The van der Waals surface area contributed by atoms with Gasteiger partial charge < -0.3 is 15.1 Å². The molecule has 3 amide bonds. The van der Waals surface area contributed by atoms with E-state index in [1.54, 1.807) is 11.9 Å². The Morgan fingerprint density at radius 1 is 1.00 bits per heavy atom. The van der Waals surface area contributed by atoms with Crippen LogP contribution in [0.1, 0.15) is 17.5 Å². The van der Waals surface area contributed by atoms with Crippen LogP contribution in [0.2, 0.25) is 0 Å². The molecule has 1 unspecified atom stereocenters. The van der Waals surface area contributed by atoms with E-state index in [0.29, 0.717) is 19.5 Å². The molecule has 1 aliphatic heterocycles. The Balaban J connectivity index is 1.30. The Morgan fingerprint density at radius 3 is 2.53 bits per heavy atom. The van der Waals surface area contributed by atoms with Gasteiger partial charge in [0, 0.05) is 20.1 Å². The molecule has 1 saturated heterocycles. The molecule has 0 aliphatic carbocycles. The number of hydrogen-bond donors (Lipinski definition) is 1. The lowest BCUT2D eigenvalue weighted by molar-refractivity contribution is -0.140. The molecule has 6 heteroatoms. The van der Waals surface area contributed by atoms with Crippen molar-refractivity contribution in [1.29, 1.82) is 0 Å². The lowest BCUT2D eigenvalue weighted by Gasteiger charge is -2.24. The molecule has 32 heavy (non-hydrogen) atoms. The quantitative estimate of drug-likeness (QED) is 0.628. The van der Waals surface area contributed by atoms with Crippen molar-refractivity contribution in [3.05, 3.63) is 83.9 Å². The van der Waals surface area contributed by atoms with E-state index in [9.17, 15) is 14.4 Å². The molecule has 0 spiro atoms. The van der Waals surface area contributed by atoms with Crippen molar-refractivity contribution < 1.29 is 14.4 Å². The van der Waals surface area contributed by atoms with Crippen molar-refractivity contribution in [2.75, 3.05) is 20.1 Å². The number of likely N-dealkylation sites (N-methyl/N-ethyl adjacent to an activating group) is 1. The van der Waals surface area contributed by atoms with E-state index >= 15 is 0 Å². The molecule has 1 atom stereocenters. The first-order chi connectivity index (χ1) is 15.5. The third kappa shape index (κ3) is 4.80. The molecule has 0 radical (unpaired) electrons. The zero-order valence-electron chi connectivity index (χ0n) is 18.2. The Morgan fingerprint density at radius 2 is 1.72 bits per heavy atom. The summed E-state index contributed by atoms with van der Waals surface area (Å²) in [6.07, 6.45) is 0.795. The second-order valence-electron chi connectivity index (χ2n) is 8.15. The smallest absolute Gasteiger partial charge is 0.245 e. The first-order valence-electron chi connectivity index (χ1n) is 10.8. The second kappa shape index (κ2) is 9.64. The average molecular weight is 430 g/mol. The molecule has 6 nitrogen and oxygen atoms in total. The molecule has 0 saturated carbocycles. The summed E-state index contributed by atoms with van der Waals surface area (Å²) in [6, 6.07) is 23.1. The SMILES string of the molecule is CN(C(=O)CNC(=O)Cc1cccc2ccccc12)C1CCN(Cc2ccccc2)C1=O. The van der Waals surface area contributed by atoms with E-state index in [2.05, 4.69) is 5.32 Å². The molecule has 1 fully saturated rings. The fourth-order valence-corrected chi connectivity index (χ4v) is 4.20. The third-order valence-electron chi connectivity index (χ3n) is 6.01. The van der Waals surface area contributed by atoms with Crippen LogP contribution in [0.4, 0.5) is 0 Å². The highest BCUT2D eigenvalue weighted by molar-refractivity contribution is 5.93. The van der Waals surface area contributed by atoms with Gasteiger partial charge in [-0.15, -0.1) is 0 Å². The Bertz CT molecular complexity index is 1120. The monoisotopic (exact) mass is 429 g/mol. The van der Waals surface area contributed by atoms with Gasteiger partial charge in [0.2, 0.25) is 17.7 Å². The predicted octanol–water partition coefficient (Wildman–Crippen LogP) is 2.76. The fourth-order valence-electron chi connectivity index (χ4n) is 4.20. The van der Waals surface area contributed by atoms with Gasteiger partial charge >= 0.3 is 0 Å². The minimum absolute atomic E-state index is 0.0493. The van der Waals surface area contributed by atoms with Crippen molar-refractivity contribution in [1.82, 2.24) is 15.1 Å². The lowest BCUT2D eigenvalue weighted by atomic mass is 10.0. The van der Waals surface area contributed by atoms with Gasteiger partial charge in [0.05, 0.1) is 13.0 Å². The summed E-state index contributed by atoms with van der Waals surface area (Å²) in [5, 5.41) is 4.82. The summed E-state index contributed by atoms with van der Waals surface area (Å²) in [5.41, 5.74) is 1.99. The van der Waals surface area contributed by atoms with Crippen molar-refractivity contribution in [2.24, 2.45) is 0 Å². The maximum Gasteiger partial charge on any atom is 0.245 e. The zero-order chi connectivity index (χ0) is 22.5. The van der Waals surface area contributed by atoms with Gasteiger partial charge in [-0.05, 0) is 28.3 Å². The van der Waals surface area contributed by atoms with Crippen LogP contribution in [0.25, 0.3) is 10.8 Å². The van der Waals surface area contributed by atoms with E-state index in [0.717, 1.165) is 21.9 Å². The van der Waals surface area contributed by atoms with Gasteiger partial charge in [0.15, 0.2) is 0 Å². The van der Waals surface area contributed by atoms with Gasteiger partial charge in [-0.3, -0.25) is 14.4 Å². The van der Waals surface area contributed by atoms with Crippen molar-refractivity contribution in [3.8, 4) is 0 Å². The average Bonchev–Trinajstić information content (AvgIpc) is 3.17. The number of nitrogens with zero attached hydrogens (tertiary/aromatic N) is 2. The van der Waals surface area contributed by atoms with Gasteiger partial charge in [0.1, 0.15) is 6.04 Å². The predicted molar refractivity (Wildman–Crippen MR) is 124 cm³/mol. The van der Waals surface area contributed by atoms with Gasteiger partial charge in [-0.1, -0.05) is 72.8 Å². The summed E-state index contributed by atoms with van der Waals surface area (Å²) < 4.78 is 0. The van der Waals surface area contributed by atoms with Gasteiger partial charge in [0.25, 0.3) is 0 Å². The summed E-state index contributed by atoms with van der Waals surface area (Å²) >= 11 is 0. The molecule has 0 bridgehead atoms. The van der Waals surface area contributed by atoms with Gasteiger partial charge in [-0.2, -0.15) is 0 Å². The summed E-state index contributed by atoms with van der Waals surface area (Å²) in [5.74, 6) is -0.533. The molecule has 3 aromatic carbocycles. The normalized spacial score (nSPS) is 15.7. The minimum Gasteiger partial charge on any atom is -0.347 e. The summed E-state index contributed by atoms with van der Waals surface area (Å²) in [7, 11) is 1.63. The Kier molecular flexibility index (Phi) is 6.50. The van der Waals surface area contributed by atoms with Crippen LogP contribution in [0.5, 0.6) is 0 Å². The topological polar surface area (TPSA) is 69.7 Å².